The number of halogens is 1. The predicted molar refractivity (Wildman–Crippen MR) is 119 cm³/mol. The summed E-state index contributed by atoms with van der Waals surface area (Å²) < 4.78 is 20.1. The minimum atomic E-state index is -0.535. The molecule has 2 aliphatic rings. The Morgan fingerprint density at radius 3 is 2.55 bits per heavy atom. The van der Waals surface area contributed by atoms with Crippen molar-refractivity contribution in [2.75, 3.05) is 19.6 Å². The molecule has 2 aromatic rings. The second-order valence-electron chi connectivity index (χ2n) is 9.68. The normalized spacial score (nSPS) is 18.8. The number of nitrogens with one attached hydrogen (secondary N) is 1. The van der Waals surface area contributed by atoms with E-state index in [0.29, 0.717) is 44.1 Å². The number of pyridine rings is 1. The van der Waals surface area contributed by atoms with Crippen LogP contribution in [0.15, 0.2) is 36.5 Å². The molecule has 0 aliphatic carbocycles. The summed E-state index contributed by atoms with van der Waals surface area (Å²) in [6.07, 6.45) is 5.18. The van der Waals surface area contributed by atoms with Gasteiger partial charge in [-0.25, -0.2) is 23.6 Å². The summed E-state index contributed by atoms with van der Waals surface area (Å²) >= 11 is 0. The molecule has 0 unspecified atom stereocenters. The molecule has 0 aromatic carbocycles. The summed E-state index contributed by atoms with van der Waals surface area (Å²) in [5, 5.41) is 7.29. The lowest BCUT2D eigenvalue weighted by molar-refractivity contribution is 0.0159. The van der Waals surface area contributed by atoms with E-state index in [1.54, 1.807) is 17.2 Å². The van der Waals surface area contributed by atoms with Crippen molar-refractivity contribution in [1.29, 1.82) is 0 Å². The molecule has 2 aromatic heterocycles. The maximum absolute atomic E-state index is 13.2. The smallest absolute Gasteiger partial charge is 0.410 e. The number of hydrogen-bond donors (Lipinski definition) is 1. The monoisotopic (exact) mass is 456 g/mol. The summed E-state index contributed by atoms with van der Waals surface area (Å²) in [6.45, 7) is 9.27. The Bertz CT molecular complexity index is 1060. The van der Waals surface area contributed by atoms with Gasteiger partial charge in [-0.3, -0.25) is 0 Å². The van der Waals surface area contributed by atoms with E-state index in [9.17, 15) is 14.0 Å². The lowest BCUT2D eigenvalue weighted by Crippen LogP contribution is -2.53. The highest BCUT2D eigenvalue weighted by atomic mass is 19.1. The number of carbonyl (C=O) groups excluding carboxylic acids is 2. The standard InChI is InChI=1S/C23H29FN6O3/c1-16(17-5-6-19(25-11-17)30-13-18(24)12-26-30)29-15-23(27-20(29)14-31)7-9-28(10-8-23)21(32)33-22(2,3)4/h5-6,11-13,16,27H,7-10,15H2,1-4H3/t16-/m0/s1. The zero-order valence-corrected chi connectivity index (χ0v) is 19.3. The highest BCUT2D eigenvalue weighted by Gasteiger charge is 2.45. The molecule has 4 rings (SSSR count). The second kappa shape index (κ2) is 8.51. The fourth-order valence-electron chi connectivity index (χ4n) is 4.30. The minimum absolute atomic E-state index is 0.131. The fourth-order valence-corrected chi connectivity index (χ4v) is 4.30. The van der Waals surface area contributed by atoms with Crippen molar-refractivity contribution >= 4 is 12.0 Å². The molecule has 0 saturated carbocycles. The van der Waals surface area contributed by atoms with Gasteiger partial charge in [0.2, 0.25) is 0 Å². The van der Waals surface area contributed by atoms with Gasteiger partial charge >= 0.3 is 6.09 Å². The highest BCUT2D eigenvalue weighted by Crippen LogP contribution is 2.36. The van der Waals surface area contributed by atoms with Crippen LogP contribution in [0.25, 0.3) is 5.82 Å². The summed E-state index contributed by atoms with van der Waals surface area (Å²) in [7, 11) is 0. The largest absolute Gasteiger partial charge is 0.444 e. The average Bonchev–Trinajstić information content (AvgIpc) is 3.36. The van der Waals surface area contributed by atoms with E-state index in [-0.39, 0.29) is 17.7 Å². The summed E-state index contributed by atoms with van der Waals surface area (Å²) in [5.74, 6) is 2.53. The molecule has 2 aliphatic heterocycles. The Labute approximate surface area is 192 Å². The molecular weight excluding hydrogens is 427 g/mol. The van der Waals surface area contributed by atoms with Crippen LogP contribution in [0.5, 0.6) is 0 Å². The Morgan fingerprint density at radius 1 is 1.27 bits per heavy atom. The SMILES string of the molecule is C[C@@H](c1ccc(-n2cc(F)cn2)nc1)N1CC2(CCN(C(=O)OC(C)(C)C)CC2)NC1=C=O. The number of aromatic nitrogens is 3. The number of likely N-dealkylation sites (tertiary alicyclic amines) is 1. The van der Waals surface area contributed by atoms with Gasteiger partial charge in [-0.1, -0.05) is 6.07 Å². The Balaban J connectivity index is 1.43. The van der Waals surface area contributed by atoms with Crippen molar-refractivity contribution in [2.24, 2.45) is 0 Å². The highest BCUT2D eigenvalue weighted by molar-refractivity contribution is 5.68. The van der Waals surface area contributed by atoms with E-state index < -0.39 is 11.4 Å². The third-order valence-corrected chi connectivity index (χ3v) is 6.12. The maximum Gasteiger partial charge on any atom is 0.410 e. The van der Waals surface area contributed by atoms with Gasteiger partial charge in [-0.2, -0.15) is 5.10 Å². The van der Waals surface area contributed by atoms with Crippen LogP contribution in [0.2, 0.25) is 0 Å². The zero-order valence-electron chi connectivity index (χ0n) is 19.3. The molecule has 1 spiro atoms. The first-order valence-corrected chi connectivity index (χ1v) is 11.0. The third kappa shape index (κ3) is 4.85. The van der Waals surface area contributed by atoms with Crippen LogP contribution in [-0.2, 0) is 9.53 Å². The minimum Gasteiger partial charge on any atom is -0.444 e. The van der Waals surface area contributed by atoms with Gasteiger partial charge in [-0.05, 0) is 52.2 Å². The molecule has 9 nitrogen and oxygen atoms in total. The Hall–Kier alpha value is -3.39. The Morgan fingerprint density at radius 2 is 2.00 bits per heavy atom. The predicted octanol–water partition coefficient (Wildman–Crippen LogP) is 2.82. The van der Waals surface area contributed by atoms with E-state index in [1.165, 1.54) is 10.9 Å². The molecule has 0 radical (unpaired) electrons. The van der Waals surface area contributed by atoms with Crippen molar-refractivity contribution in [2.45, 2.75) is 57.7 Å². The summed E-state index contributed by atoms with van der Waals surface area (Å²) in [4.78, 5) is 32.2. The lowest BCUT2D eigenvalue weighted by Gasteiger charge is -2.39. The number of ether oxygens (including phenoxy) is 1. The molecule has 10 heteroatoms. The maximum atomic E-state index is 13.2. The summed E-state index contributed by atoms with van der Waals surface area (Å²) in [6, 6.07) is 3.53. The van der Waals surface area contributed by atoms with Crippen molar-refractivity contribution in [1.82, 2.24) is 29.9 Å². The van der Waals surface area contributed by atoms with Crippen molar-refractivity contribution in [3.63, 3.8) is 0 Å². The van der Waals surface area contributed by atoms with E-state index in [0.717, 1.165) is 11.8 Å². The number of nitrogens with zero attached hydrogens (tertiary/aromatic N) is 5. The fraction of sp³-hybridized carbons (Fsp3) is 0.522. The summed E-state index contributed by atoms with van der Waals surface area (Å²) in [5.41, 5.74) is 0.0655. The van der Waals surface area contributed by atoms with Crippen LogP contribution in [0.1, 0.15) is 52.1 Å². The van der Waals surface area contributed by atoms with Crippen LogP contribution < -0.4 is 5.32 Å². The van der Waals surface area contributed by atoms with Crippen LogP contribution in [0.3, 0.4) is 0 Å². The van der Waals surface area contributed by atoms with Crippen LogP contribution >= 0.6 is 0 Å². The molecular formula is C23H29FN6O3. The molecule has 176 valence electrons. The van der Waals surface area contributed by atoms with E-state index >= 15 is 0 Å². The first-order chi connectivity index (χ1) is 15.6. The average molecular weight is 457 g/mol. The quantitative estimate of drug-likeness (QED) is 0.710. The molecule has 1 amide bonds. The van der Waals surface area contributed by atoms with Crippen LogP contribution in [0, 0.1) is 5.82 Å². The molecule has 4 heterocycles. The molecule has 2 fully saturated rings. The number of amides is 1. The number of piperidine rings is 1. The van der Waals surface area contributed by atoms with Gasteiger partial charge in [0.15, 0.2) is 23.4 Å². The van der Waals surface area contributed by atoms with Gasteiger partial charge in [0.05, 0.1) is 24.0 Å². The van der Waals surface area contributed by atoms with Crippen molar-refractivity contribution in [3.05, 3.63) is 47.9 Å². The Kier molecular flexibility index (Phi) is 5.88. The zero-order chi connectivity index (χ0) is 23.8. The van der Waals surface area contributed by atoms with E-state index in [1.807, 2.05) is 44.6 Å². The number of rotatable bonds is 3. The second-order valence-corrected chi connectivity index (χ2v) is 9.68. The first-order valence-electron chi connectivity index (χ1n) is 11.0. The van der Waals surface area contributed by atoms with E-state index in [4.69, 9.17) is 4.74 Å². The number of hydrogen-bond acceptors (Lipinski definition) is 7. The van der Waals surface area contributed by atoms with Crippen molar-refractivity contribution in [3.8, 4) is 5.82 Å². The van der Waals surface area contributed by atoms with Crippen molar-refractivity contribution < 1.29 is 18.7 Å². The molecule has 1 atom stereocenters. The first kappa shape index (κ1) is 22.8. The molecule has 1 N–H and O–H groups in total. The van der Waals surface area contributed by atoms with Gasteiger partial charge in [0.1, 0.15) is 5.60 Å². The topological polar surface area (TPSA) is 92.6 Å². The van der Waals surface area contributed by atoms with Crippen LogP contribution in [0.4, 0.5) is 9.18 Å². The van der Waals surface area contributed by atoms with Gasteiger partial charge in [0.25, 0.3) is 0 Å². The van der Waals surface area contributed by atoms with Gasteiger partial charge < -0.3 is 19.9 Å². The molecule has 2 saturated heterocycles. The molecule has 33 heavy (non-hydrogen) atoms. The van der Waals surface area contributed by atoms with E-state index in [2.05, 4.69) is 15.4 Å². The van der Waals surface area contributed by atoms with Crippen LogP contribution in [-0.4, -0.2) is 67.4 Å². The van der Waals surface area contributed by atoms with Gasteiger partial charge in [0, 0.05) is 25.8 Å². The number of carbonyl (C=O) groups is 1. The lowest BCUT2D eigenvalue weighted by atomic mass is 9.88. The van der Waals surface area contributed by atoms with Gasteiger partial charge in [-0.15, -0.1) is 0 Å². The third-order valence-electron chi connectivity index (χ3n) is 6.12. The molecule has 0 bridgehead atoms.